The summed E-state index contributed by atoms with van der Waals surface area (Å²) < 4.78 is 5.32. The molecule has 5 heteroatoms. The molecule has 1 aromatic carbocycles. The van der Waals surface area contributed by atoms with Gasteiger partial charge in [-0.05, 0) is 30.5 Å². The summed E-state index contributed by atoms with van der Waals surface area (Å²) in [6.07, 6.45) is 3.89. The molecule has 0 radical (unpaired) electrons. The highest BCUT2D eigenvalue weighted by Crippen LogP contribution is 2.40. The van der Waals surface area contributed by atoms with Crippen molar-refractivity contribution in [2.24, 2.45) is 4.99 Å². The van der Waals surface area contributed by atoms with Crippen molar-refractivity contribution in [3.63, 3.8) is 0 Å². The molecule has 0 fully saturated rings. The number of fused-ring (bicyclic) bond motifs is 3. The normalized spacial score (nSPS) is 13.2. The molecule has 1 aliphatic rings. The van der Waals surface area contributed by atoms with Crippen LogP contribution in [0.15, 0.2) is 23.2 Å². The third-order valence-electron chi connectivity index (χ3n) is 3.28. The lowest BCUT2D eigenvalue weighted by Gasteiger charge is -2.15. The van der Waals surface area contributed by atoms with Gasteiger partial charge < -0.3 is 9.64 Å². The molecule has 0 bridgehead atoms. The predicted molar refractivity (Wildman–Crippen MR) is 83.3 cm³/mol. The Morgan fingerprint density at radius 1 is 1.35 bits per heavy atom. The number of aliphatic imine (C=N–C) groups is 1. The largest absolute Gasteiger partial charge is 0.497 e. The van der Waals surface area contributed by atoms with E-state index in [1.807, 2.05) is 25.1 Å². The van der Waals surface area contributed by atoms with Crippen LogP contribution in [0.3, 0.4) is 0 Å². The summed E-state index contributed by atoms with van der Waals surface area (Å²) in [4.78, 5) is 12.3. The van der Waals surface area contributed by atoms with Gasteiger partial charge in [-0.15, -0.1) is 0 Å². The van der Waals surface area contributed by atoms with Crippen molar-refractivity contribution in [3.8, 4) is 17.0 Å². The Kier molecular flexibility index (Phi) is 3.44. The van der Waals surface area contributed by atoms with Gasteiger partial charge in [0, 0.05) is 24.5 Å². The fourth-order valence-corrected chi connectivity index (χ4v) is 3.22. The Hall–Kier alpha value is -1.88. The van der Waals surface area contributed by atoms with Gasteiger partial charge in [0.2, 0.25) is 5.13 Å². The molecule has 0 atom stereocenters. The summed E-state index contributed by atoms with van der Waals surface area (Å²) in [5.74, 6) is 0.878. The van der Waals surface area contributed by atoms with E-state index in [4.69, 9.17) is 4.74 Å². The zero-order chi connectivity index (χ0) is 14.1. The Bertz CT molecular complexity index is 661. The first kappa shape index (κ1) is 13.1. The zero-order valence-corrected chi connectivity index (χ0v) is 12.7. The third kappa shape index (κ3) is 2.41. The van der Waals surface area contributed by atoms with Crippen LogP contribution in [-0.4, -0.2) is 37.4 Å². The monoisotopic (exact) mass is 287 g/mol. The number of aromatic nitrogens is 1. The molecule has 20 heavy (non-hydrogen) atoms. The molecule has 1 heterocycles. The maximum atomic E-state index is 5.32. The van der Waals surface area contributed by atoms with Crippen LogP contribution in [0.2, 0.25) is 0 Å². The lowest BCUT2D eigenvalue weighted by molar-refractivity contribution is 0.415. The number of hydrogen-bond donors (Lipinski definition) is 0. The smallest absolute Gasteiger partial charge is 0.211 e. The fourth-order valence-electron chi connectivity index (χ4n) is 2.31. The molecule has 0 amide bonds. The Labute approximate surface area is 122 Å². The van der Waals surface area contributed by atoms with E-state index in [-0.39, 0.29) is 0 Å². The molecular formula is C15H17N3OS. The molecule has 1 aromatic heterocycles. The molecule has 1 aliphatic carbocycles. The van der Waals surface area contributed by atoms with Gasteiger partial charge in [-0.25, -0.2) is 9.98 Å². The number of hydrogen-bond acceptors (Lipinski definition) is 4. The second-order valence-electron chi connectivity index (χ2n) is 5.00. The highest BCUT2D eigenvalue weighted by Gasteiger charge is 2.21. The maximum absolute atomic E-state index is 5.32. The molecule has 0 saturated carbocycles. The SMILES string of the molecule is COc1ccc2c(c1)-c1nc(/N=C\N(C)C)sc1CC2. The van der Waals surface area contributed by atoms with Crippen LogP contribution in [0.5, 0.6) is 5.75 Å². The van der Waals surface area contributed by atoms with Crippen molar-refractivity contribution in [2.45, 2.75) is 12.8 Å². The van der Waals surface area contributed by atoms with Gasteiger partial charge in [0.1, 0.15) is 5.75 Å². The molecule has 0 aliphatic heterocycles. The van der Waals surface area contributed by atoms with E-state index in [1.54, 1.807) is 24.8 Å². The summed E-state index contributed by atoms with van der Waals surface area (Å²) in [7, 11) is 5.60. The first-order chi connectivity index (χ1) is 9.67. The molecule has 104 valence electrons. The van der Waals surface area contributed by atoms with Crippen molar-refractivity contribution >= 4 is 22.8 Å². The number of methoxy groups -OCH3 is 1. The van der Waals surface area contributed by atoms with Crippen LogP contribution < -0.4 is 4.74 Å². The molecule has 0 spiro atoms. The summed E-state index contributed by atoms with van der Waals surface area (Å²) >= 11 is 1.68. The van der Waals surface area contributed by atoms with Crippen LogP contribution in [-0.2, 0) is 12.8 Å². The summed E-state index contributed by atoms with van der Waals surface area (Å²) in [5.41, 5.74) is 3.60. The minimum Gasteiger partial charge on any atom is -0.497 e. The van der Waals surface area contributed by atoms with Gasteiger partial charge in [0.15, 0.2) is 0 Å². The summed E-state index contributed by atoms with van der Waals surface area (Å²) in [5, 5.41) is 0.819. The molecule has 0 unspecified atom stereocenters. The van der Waals surface area contributed by atoms with Crippen molar-refractivity contribution in [3.05, 3.63) is 28.6 Å². The van der Waals surface area contributed by atoms with Gasteiger partial charge in [-0.3, -0.25) is 0 Å². The van der Waals surface area contributed by atoms with E-state index in [0.29, 0.717) is 0 Å². The van der Waals surface area contributed by atoms with Crippen LogP contribution >= 0.6 is 11.3 Å². The quantitative estimate of drug-likeness (QED) is 0.643. The summed E-state index contributed by atoms with van der Waals surface area (Å²) in [6, 6.07) is 6.23. The fraction of sp³-hybridized carbons (Fsp3) is 0.333. The topological polar surface area (TPSA) is 37.7 Å². The molecule has 0 N–H and O–H groups in total. The van der Waals surface area contributed by atoms with Crippen LogP contribution in [0.25, 0.3) is 11.3 Å². The van der Waals surface area contributed by atoms with Gasteiger partial charge in [-0.2, -0.15) is 0 Å². The van der Waals surface area contributed by atoms with Crippen molar-refractivity contribution in [1.29, 1.82) is 0 Å². The average Bonchev–Trinajstić information content (AvgIpc) is 2.88. The number of nitrogens with zero attached hydrogens (tertiary/aromatic N) is 3. The minimum atomic E-state index is 0.819. The van der Waals surface area contributed by atoms with Crippen LogP contribution in [0.1, 0.15) is 10.4 Å². The molecular weight excluding hydrogens is 270 g/mol. The first-order valence-electron chi connectivity index (χ1n) is 6.55. The van der Waals surface area contributed by atoms with Gasteiger partial charge in [0.05, 0.1) is 19.1 Å². The van der Waals surface area contributed by atoms with Gasteiger partial charge in [0.25, 0.3) is 0 Å². The van der Waals surface area contributed by atoms with Gasteiger partial charge >= 0.3 is 0 Å². The standard InChI is InChI=1S/C15H17N3OS/c1-18(2)9-16-15-17-14-12-8-11(19-3)6-4-10(12)5-7-13(14)20-15/h4,6,8-9H,5,7H2,1-3H3/b16-9-. The van der Waals surface area contributed by atoms with Gasteiger partial charge in [-0.1, -0.05) is 17.4 Å². The van der Waals surface area contributed by atoms with Crippen molar-refractivity contribution in [1.82, 2.24) is 9.88 Å². The second-order valence-corrected chi connectivity index (χ2v) is 6.06. The van der Waals surface area contributed by atoms with E-state index in [1.165, 1.54) is 16.0 Å². The van der Waals surface area contributed by atoms with E-state index < -0.39 is 0 Å². The Morgan fingerprint density at radius 2 is 2.20 bits per heavy atom. The molecule has 4 nitrogen and oxygen atoms in total. The Morgan fingerprint density at radius 3 is 2.95 bits per heavy atom. The van der Waals surface area contributed by atoms with E-state index >= 15 is 0 Å². The van der Waals surface area contributed by atoms with E-state index in [2.05, 4.69) is 22.1 Å². The number of ether oxygens (including phenoxy) is 1. The lowest BCUT2D eigenvalue weighted by Crippen LogP contribution is -2.06. The molecule has 0 saturated heterocycles. The van der Waals surface area contributed by atoms with E-state index in [9.17, 15) is 0 Å². The van der Waals surface area contributed by atoms with Crippen molar-refractivity contribution in [2.75, 3.05) is 21.2 Å². The number of aryl methyl sites for hydroxylation is 2. The third-order valence-corrected chi connectivity index (χ3v) is 4.30. The maximum Gasteiger partial charge on any atom is 0.211 e. The highest BCUT2D eigenvalue weighted by molar-refractivity contribution is 7.15. The second kappa shape index (κ2) is 5.25. The van der Waals surface area contributed by atoms with Crippen LogP contribution in [0.4, 0.5) is 5.13 Å². The minimum absolute atomic E-state index is 0.819. The number of thiazole rings is 1. The predicted octanol–water partition coefficient (Wildman–Crippen LogP) is 3.14. The van der Waals surface area contributed by atoms with Crippen molar-refractivity contribution < 1.29 is 4.74 Å². The Balaban J connectivity index is 2.02. The average molecular weight is 287 g/mol. The van der Waals surface area contributed by atoms with E-state index in [0.717, 1.165) is 29.4 Å². The first-order valence-corrected chi connectivity index (χ1v) is 7.36. The summed E-state index contributed by atoms with van der Waals surface area (Å²) in [6.45, 7) is 0. The molecule has 3 rings (SSSR count). The zero-order valence-electron chi connectivity index (χ0n) is 11.9. The highest BCUT2D eigenvalue weighted by atomic mass is 32.1. The number of benzene rings is 1. The lowest BCUT2D eigenvalue weighted by atomic mass is 9.93. The number of rotatable bonds is 3. The van der Waals surface area contributed by atoms with Crippen LogP contribution in [0, 0.1) is 0 Å². The molecule has 2 aromatic rings.